The summed E-state index contributed by atoms with van der Waals surface area (Å²) in [7, 11) is 6.51. The molecule has 0 bridgehead atoms. The van der Waals surface area contributed by atoms with Crippen molar-refractivity contribution in [2.75, 3.05) is 47.3 Å². The number of rotatable bonds is 8. The lowest BCUT2D eigenvalue weighted by Crippen LogP contribution is -2.54. The summed E-state index contributed by atoms with van der Waals surface area (Å²) in [6.45, 7) is 10.3. The van der Waals surface area contributed by atoms with Gasteiger partial charge in [0, 0.05) is 25.6 Å². The van der Waals surface area contributed by atoms with E-state index >= 15 is 0 Å². The molecule has 0 aromatic carbocycles. The molecule has 0 unspecified atom stereocenters. The molecule has 4 aliphatic carbocycles. The Bertz CT molecular complexity index is 811. The average molecular weight is 506 g/mol. The number of hydrogen-bond acceptors (Lipinski definition) is 5. The highest BCUT2D eigenvalue weighted by atomic mass is 16.7. The van der Waals surface area contributed by atoms with Gasteiger partial charge in [-0.2, -0.15) is 0 Å². The van der Waals surface area contributed by atoms with Crippen LogP contribution >= 0.6 is 0 Å². The SMILES string of the molecule is C/C(=N\OC(=O)NCCNCC[N+](C)(C)C)[C@H]1CC[C@H]2[C@@H]3CC[C@H]4C[C@@H](O)CC[C@]4(C)[C@H]3CC[C@]12C. The van der Waals surface area contributed by atoms with Crippen LogP contribution in [0, 0.1) is 40.4 Å². The molecule has 0 heterocycles. The van der Waals surface area contributed by atoms with Crippen LogP contribution in [0.4, 0.5) is 4.79 Å². The highest BCUT2D eigenvalue weighted by molar-refractivity contribution is 5.85. The van der Waals surface area contributed by atoms with E-state index < -0.39 is 6.09 Å². The van der Waals surface area contributed by atoms with E-state index in [1.54, 1.807) is 0 Å². The fourth-order valence-electron chi connectivity index (χ4n) is 8.92. The second kappa shape index (κ2) is 10.9. The van der Waals surface area contributed by atoms with Gasteiger partial charge in [0.25, 0.3) is 0 Å². The minimum atomic E-state index is -0.461. The molecule has 0 spiro atoms. The van der Waals surface area contributed by atoms with Crippen LogP contribution in [0.3, 0.4) is 0 Å². The summed E-state index contributed by atoms with van der Waals surface area (Å²) < 4.78 is 0.919. The third-order valence-corrected chi connectivity index (χ3v) is 10.9. The lowest BCUT2D eigenvalue weighted by atomic mass is 9.44. The molecule has 0 aromatic rings. The van der Waals surface area contributed by atoms with Crippen LogP contribution in [-0.2, 0) is 4.84 Å². The average Bonchev–Trinajstić information content (AvgIpc) is 3.17. The van der Waals surface area contributed by atoms with Crippen LogP contribution in [0.25, 0.3) is 0 Å². The smallest absolute Gasteiger partial charge is 0.393 e. The zero-order chi connectivity index (χ0) is 26.1. The number of aliphatic hydroxyl groups excluding tert-OH is 1. The molecule has 1 amide bonds. The third kappa shape index (κ3) is 5.78. The van der Waals surface area contributed by atoms with Crippen molar-refractivity contribution in [1.82, 2.24) is 10.6 Å². The Morgan fingerprint density at radius 2 is 1.69 bits per heavy atom. The molecule has 0 aromatic heterocycles. The Kier molecular flexibility index (Phi) is 8.43. The summed E-state index contributed by atoms with van der Waals surface area (Å²) in [4.78, 5) is 17.5. The van der Waals surface area contributed by atoms with E-state index in [4.69, 9.17) is 4.84 Å². The molecule has 8 atom stereocenters. The molecular weight excluding hydrogens is 452 g/mol. The number of likely N-dealkylation sites (N-methyl/N-ethyl adjacent to an activating group) is 1. The van der Waals surface area contributed by atoms with Crippen LogP contribution < -0.4 is 10.6 Å². The monoisotopic (exact) mass is 505 g/mol. The van der Waals surface area contributed by atoms with Crippen LogP contribution in [0.2, 0.25) is 0 Å². The van der Waals surface area contributed by atoms with Gasteiger partial charge in [-0.1, -0.05) is 19.0 Å². The largest absolute Gasteiger partial charge is 0.433 e. The van der Waals surface area contributed by atoms with Gasteiger partial charge >= 0.3 is 6.09 Å². The fourth-order valence-corrected chi connectivity index (χ4v) is 8.92. The zero-order valence-electron chi connectivity index (χ0n) is 23.8. The first-order chi connectivity index (χ1) is 16.9. The normalized spacial score (nSPS) is 40.7. The number of hydrogen-bond donors (Lipinski definition) is 3. The summed E-state index contributed by atoms with van der Waals surface area (Å²) >= 11 is 0. The molecular formula is C29H53N4O3+. The molecule has 4 fully saturated rings. The van der Waals surface area contributed by atoms with Crippen LogP contribution in [0.5, 0.6) is 0 Å². The zero-order valence-corrected chi connectivity index (χ0v) is 23.8. The minimum Gasteiger partial charge on any atom is -0.393 e. The fraction of sp³-hybridized carbons (Fsp3) is 0.931. The van der Waals surface area contributed by atoms with E-state index in [1.165, 1.54) is 38.5 Å². The molecule has 4 aliphatic rings. The molecule has 3 N–H and O–H groups in total. The number of nitrogens with zero attached hydrogens (tertiary/aromatic N) is 2. The van der Waals surface area contributed by atoms with Crippen molar-refractivity contribution in [2.24, 2.45) is 45.6 Å². The Balaban J connectivity index is 1.28. The summed E-state index contributed by atoms with van der Waals surface area (Å²) in [5.41, 5.74) is 1.64. The summed E-state index contributed by atoms with van der Waals surface area (Å²) in [6.07, 6.45) is 10.2. The summed E-state index contributed by atoms with van der Waals surface area (Å²) in [5.74, 6) is 3.43. The van der Waals surface area contributed by atoms with Crippen LogP contribution in [-0.4, -0.2) is 74.8 Å². The predicted octanol–water partition coefficient (Wildman–Crippen LogP) is 4.40. The molecule has 4 saturated carbocycles. The van der Waals surface area contributed by atoms with E-state index in [1.807, 2.05) is 0 Å². The summed E-state index contributed by atoms with van der Waals surface area (Å²) in [6, 6.07) is 0. The molecule has 0 saturated heterocycles. The van der Waals surface area contributed by atoms with Gasteiger partial charge < -0.3 is 20.2 Å². The molecule has 0 radical (unpaired) electrons. The van der Waals surface area contributed by atoms with E-state index in [2.05, 4.69) is 57.7 Å². The quantitative estimate of drug-likeness (QED) is 0.150. The van der Waals surface area contributed by atoms with Gasteiger partial charge in [0.2, 0.25) is 0 Å². The third-order valence-electron chi connectivity index (χ3n) is 10.9. The molecule has 7 heteroatoms. The van der Waals surface area contributed by atoms with E-state index in [9.17, 15) is 9.90 Å². The second-order valence-electron chi connectivity index (χ2n) is 14.1. The molecule has 7 nitrogen and oxygen atoms in total. The van der Waals surface area contributed by atoms with E-state index in [-0.39, 0.29) is 11.5 Å². The first kappa shape index (κ1) is 27.8. The molecule has 4 rings (SSSR count). The maximum absolute atomic E-state index is 12.2. The lowest BCUT2D eigenvalue weighted by Gasteiger charge is -2.61. The van der Waals surface area contributed by atoms with Crippen molar-refractivity contribution in [3.63, 3.8) is 0 Å². The van der Waals surface area contributed by atoms with Crippen molar-refractivity contribution in [3.8, 4) is 0 Å². The minimum absolute atomic E-state index is 0.0792. The van der Waals surface area contributed by atoms with Gasteiger partial charge in [-0.15, -0.1) is 0 Å². The standard InChI is InChI=1S/C29H52N4O3/c1-20(32-36-27(35)31-16-15-30-17-18-33(4,5)6)24-9-10-25-23-8-7-21-19-22(34)11-13-28(21,2)26(23)12-14-29(24,25)3/h21-26,30,34H,7-19H2,1-6H3/p+1/b32-20+/t21-,22-,23-,24+,25-,26-,28-,29+/m0/s1. The number of nitrogens with one attached hydrogen (secondary N) is 2. The number of aliphatic hydroxyl groups is 1. The maximum atomic E-state index is 12.2. The van der Waals surface area contributed by atoms with Gasteiger partial charge in [0.1, 0.15) is 0 Å². The Morgan fingerprint density at radius 1 is 0.972 bits per heavy atom. The number of fused-ring (bicyclic) bond motifs is 5. The second-order valence-corrected chi connectivity index (χ2v) is 14.1. The molecule has 0 aliphatic heterocycles. The number of carbonyl (C=O) groups is 1. The number of carbonyl (C=O) groups excluding carboxylic acids is 1. The predicted molar refractivity (Wildman–Crippen MR) is 145 cm³/mol. The highest BCUT2D eigenvalue weighted by Gasteiger charge is 2.60. The van der Waals surface area contributed by atoms with Crippen molar-refractivity contribution in [1.29, 1.82) is 0 Å². The van der Waals surface area contributed by atoms with Crippen molar-refractivity contribution >= 4 is 11.8 Å². The Hall–Kier alpha value is -1.18. The number of amides is 1. The Morgan fingerprint density at radius 3 is 2.44 bits per heavy atom. The molecule has 36 heavy (non-hydrogen) atoms. The van der Waals surface area contributed by atoms with E-state index in [0.29, 0.717) is 23.8 Å². The number of oxime groups is 1. The maximum Gasteiger partial charge on any atom is 0.433 e. The number of quaternary nitrogens is 1. The first-order valence-electron chi connectivity index (χ1n) is 14.6. The van der Waals surface area contributed by atoms with Crippen LogP contribution in [0.15, 0.2) is 5.16 Å². The van der Waals surface area contributed by atoms with Gasteiger partial charge in [-0.3, -0.25) is 4.84 Å². The van der Waals surface area contributed by atoms with Gasteiger partial charge in [0.05, 0.1) is 39.5 Å². The van der Waals surface area contributed by atoms with E-state index in [0.717, 1.165) is 66.8 Å². The Labute approximate surface area is 219 Å². The highest BCUT2D eigenvalue weighted by Crippen LogP contribution is 2.67. The first-order valence-corrected chi connectivity index (χ1v) is 14.6. The van der Waals surface area contributed by atoms with Crippen molar-refractivity contribution in [2.45, 2.75) is 84.7 Å². The van der Waals surface area contributed by atoms with Crippen molar-refractivity contribution in [3.05, 3.63) is 0 Å². The van der Waals surface area contributed by atoms with Crippen LogP contribution in [0.1, 0.15) is 78.6 Å². The van der Waals surface area contributed by atoms with Crippen molar-refractivity contribution < 1.29 is 19.2 Å². The van der Waals surface area contributed by atoms with Gasteiger partial charge in [-0.25, -0.2) is 4.79 Å². The topological polar surface area (TPSA) is 83.0 Å². The van der Waals surface area contributed by atoms with Gasteiger partial charge in [-0.05, 0) is 99.2 Å². The molecule has 206 valence electrons. The lowest BCUT2D eigenvalue weighted by molar-refractivity contribution is -0.869. The summed E-state index contributed by atoms with van der Waals surface area (Å²) in [5, 5.41) is 20.8. The van der Waals surface area contributed by atoms with Gasteiger partial charge in [0.15, 0.2) is 0 Å².